The summed E-state index contributed by atoms with van der Waals surface area (Å²) in [4.78, 5) is 21.0. The van der Waals surface area contributed by atoms with Crippen molar-refractivity contribution in [1.82, 2.24) is 9.88 Å². The van der Waals surface area contributed by atoms with Crippen LogP contribution in [0.2, 0.25) is 0 Å². The van der Waals surface area contributed by atoms with Crippen molar-refractivity contribution in [3.05, 3.63) is 78.6 Å². The Balaban J connectivity index is 1.44. The number of hydrogen-bond donors (Lipinski definition) is 0. The van der Waals surface area contributed by atoms with Crippen LogP contribution in [-0.4, -0.2) is 57.5 Å². The molecule has 180 valence electrons. The number of carbonyl (C=O) groups excluding carboxylic acids is 1. The highest BCUT2D eigenvalue weighted by atomic mass is 32.2. The Labute approximate surface area is 202 Å². The summed E-state index contributed by atoms with van der Waals surface area (Å²) in [6.45, 7) is 1.48. The number of furan rings is 1. The lowest BCUT2D eigenvalue weighted by atomic mass is 10.1. The highest BCUT2D eigenvalue weighted by Gasteiger charge is 2.34. The van der Waals surface area contributed by atoms with Gasteiger partial charge in [0, 0.05) is 26.2 Å². The summed E-state index contributed by atoms with van der Waals surface area (Å²) in [5, 5.41) is -0.181. The van der Waals surface area contributed by atoms with Gasteiger partial charge in [-0.25, -0.2) is 8.42 Å². The van der Waals surface area contributed by atoms with Crippen LogP contribution in [0.1, 0.15) is 10.4 Å². The normalized spacial score (nSPS) is 14.2. The molecular weight excluding hydrogens is 470 g/mol. The molecule has 4 aromatic rings. The number of anilines is 1. The van der Waals surface area contributed by atoms with Crippen LogP contribution in [0.3, 0.4) is 0 Å². The predicted octanol–water partition coefficient (Wildman–Crippen LogP) is 3.74. The van der Waals surface area contributed by atoms with Crippen molar-refractivity contribution in [1.29, 1.82) is 0 Å². The number of ether oxygens (including phenoxy) is 1. The maximum Gasteiger partial charge on any atom is 0.266 e. The number of hydrogen-bond acceptors (Lipinski definition) is 8. The molecule has 10 heteroatoms. The van der Waals surface area contributed by atoms with Crippen LogP contribution < -0.4 is 9.64 Å². The van der Waals surface area contributed by atoms with E-state index in [-0.39, 0.29) is 27.6 Å². The zero-order valence-corrected chi connectivity index (χ0v) is 19.8. The number of carbonyl (C=O) groups is 1. The van der Waals surface area contributed by atoms with Crippen LogP contribution in [-0.2, 0) is 9.84 Å². The second-order valence-corrected chi connectivity index (χ2v) is 9.77. The van der Waals surface area contributed by atoms with Crippen LogP contribution in [0.4, 0.5) is 5.88 Å². The van der Waals surface area contributed by atoms with E-state index < -0.39 is 9.84 Å². The maximum absolute atomic E-state index is 13.5. The van der Waals surface area contributed by atoms with Crippen molar-refractivity contribution < 1.29 is 26.8 Å². The van der Waals surface area contributed by atoms with Gasteiger partial charge in [0.2, 0.25) is 20.7 Å². The summed E-state index contributed by atoms with van der Waals surface area (Å²) in [5.74, 6) is 0.894. The SMILES string of the molecule is COc1ccccc1C(=O)N1CCN(c2oc(-c3ccco3)nc2S(=O)(=O)c2ccccc2)CC1. The van der Waals surface area contributed by atoms with E-state index in [9.17, 15) is 13.2 Å². The molecule has 0 N–H and O–H groups in total. The summed E-state index contributed by atoms with van der Waals surface area (Å²) < 4.78 is 43.5. The molecule has 0 bridgehead atoms. The molecule has 1 amide bonds. The molecular formula is C25H23N3O6S. The van der Waals surface area contributed by atoms with Gasteiger partial charge in [0.15, 0.2) is 5.76 Å². The summed E-state index contributed by atoms with van der Waals surface area (Å²) in [6, 6.07) is 18.5. The Morgan fingerprint density at radius 1 is 0.943 bits per heavy atom. The summed E-state index contributed by atoms with van der Waals surface area (Å²) in [5.41, 5.74) is 0.482. The minimum atomic E-state index is -3.96. The van der Waals surface area contributed by atoms with Gasteiger partial charge in [-0.1, -0.05) is 30.3 Å². The molecule has 1 aliphatic rings. The molecule has 35 heavy (non-hydrogen) atoms. The number of para-hydroxylation sites is 1. The van der Waals surface area contributed by atoms with Gasteiger partial charge in [0.1, 0.15) is 5.75 Å². The van der Waals surface area contributed by atoms with Gasteiger partial charge in [-0.2, -0.15) is 4.98 Å². The smallest absolute Gasteiger partial charge is 0.266 e. The monoisotopic (exact) mass is 493 g/mol. The van der Waals surface area contributed by atoms with Crippen molar-refractivity contribution in [3.8, 4) is 17.4 Å². The molecule has 0 spiro atoms. The molecule has 0 atom stereocenters. The fourth-order valence-electron chi connectivity index (χ4n) is 3.99. The Morgan fingerprint density at radius 3 is 2.34 bits per heavy atom. The standard InChI is InChI=1S/C25H23N3O6S/c1-32-20-11-6-5-10-19(20)24(29)27-13-15-28(16-14-27)25-23(26-22(34-25)21-12-7-17-33-21)35(30,31)18-8-3-2-4-9-18/h2-12,17H,13-16H2,1H3. The van der Waals surface area contributed by atoms with E-state index in [2.05, 4.69) is 4.98 Å². The first kappa shape index (κ1) is 22.7. The summed E-state index contributed by atoms with van der Waals surface area (Å²) in [7, 11) is -2.43. The molecule has 1 aliphatic heterocycles. The Hall–Kier alpha value is -4.05. The van der Waals surface area contributed by atoms with Gasteiger partial charge < -0.3 is 23.4 Å². The van der Waals surface area contributed by atoms with Gasteiger partial charge in [0.25, 0.3) is 11.8 Å². The third-order valence-electron chi connectivity index (χ3n) is 5.81. The zero-order valence-electron chi connectivity index (χ0n) is 19.0. The van der Waals surface area contributed by atoms with E-state index in [1.54, 1.807) is 58.3 Å². The molecule has 3 heterocycles. The molecule has 0 unspecified atom stereocenters. The first-order valence-electron chi connectivity index (χ1n) is 11.0. The number of oxazole rings is 1. The highest BCUT2D eigenvalue weighted by molar-refractivity contribution is 7.91. The second-order valence-electron chi connectivity index (χ2n) is 7.90. The van der Waals surface area contributed by atoms with Crippen LogP contribution in [0.15, 0.2) is 91.7 Å². The van der Waals surface area contributed by atoms with E-state index >= 15 is 0 Å². The molecule has 1 fully saturated rings. The molecule has 0 aliphatic carbocycles. The van der Waals surface area contributed by atoms with E-state index in [4.69, 9.17) is 13.6 Å². The molecule has 0 saturated carbocycles. The van der Waals surface area contributed by atoms with Gasteiger partial charge in [0.05, 0.1) is 23.8 Å². The lowest BCUT2D eigenvalue weighted by molar-refractivity contribution is 0.0741. The van der Waals surface area contributed by atoms with Crippen LogP contribution in [0.25, 0.3) is 11.7 Å². The number of aromatic nitrogens is 1. The van der Waals surface area contributed by atoms with Crippen molar-refractivity contribution in [2.75, 3.05) is 38.2 Å². The van der Waals surface area contributed by atoms with Crippen molar-refractivity contribution in [2.24, 2.45) is 0 Å². The second kappa shape index (κ2) is 9.30. The van der Waals surface area contributed by atoms with Crippen LogP contribution >= 0.6 is 0 Å². The number of benzene rings is 2. The fourth-order valence-corrected chi connectivity index (χ4v) is 5.34. The fraction of sp³-hybridized carbons (Fsp3) is 0.200. The number of rotatable bonds is 6. The van der Waals surface area contributed by atoms with E-state index in [1.165, 1.54) is 25.5 Å². The first-order valence-corrected chi connectivity index (χ1v) is 12.5. The quantitative estimate of drug-likeness (QED) is 0.400. The molecule has 2 aromatic heterocycles. The van der Waals surface area contributed by atoms with E-state index in [0.717, 1.165) is 0 Å². The molecule has 2 aromatic carbocycles. The third kappa shape index (κ3) is 4.28. The number of nitrogens with zero attached hydrogens (tertiary/aromatic N) is 3. The number of piperazine rings is 1. The molecule has 9 nitrogen and oxygen atoms in total. The lowest BCUT2D eigenvalue weighted by Crippen LogP contribution is -2.49. The summed E-state index contributed by atoms with van der Waals surface area (Å²) >= 11 is 0. The molecule has 1 saturated heterocycles. The average molecular weight is 494 g/mol. The number of sulfone groups is 1. The average Bonchev–Trinajstić information content (AvgIpc) is 3.60. The highest BCUT2D eigenvalue weighted by Crippen LogP contribution is 2.35. The first-order chi connectivity index (χ1) is 17.0. The minimum Gasteiger partial charge on any atom is -0.496 e. The zero-order chi connectivity index (χ0) is 24.4. The van der Waals surface area contributed by atoms with Crippen molar-refractivity contribution in [3.63, 3.8) is 0 Å². The molecule has 0 radical (unpaired) electrons. The lowest BCUT2D eigenvalue weighted by Gasteiger charge is -2.34. The molecule has 5 rings (SSSR count). The van der Waals surface area contributed by atoms with E-state index in [0.29, 0.717) is 43.3 Å². The van der Waals surface area contributed by atoms with Crippen molar-refractivity contribution in [2.45, 2.75) is 9.92 Å². The van der Waals surface area contributed by atoms with Crippen LogP contribution in [0, 0.1) is 0 Å². The largest absolute Gasteiger partial charge is 0.496 e. The van der Waals surface area contributed by atoms with E-state index in [1.807, 2.05) is 6.07 Å². The third-order valence-corrected chi connectivity index (χ3v) is 7.48. The predicted molar refractivity (Wildman–Crippen MR) is 127 cm³/mol. The maximum atomic E-state index is 13.5. The van der Waals surface area contributed by atoms with Gasteiger partial charge in [-0.05, 0) is 36.4 Å². The number of amides is 1. The van der Waals surface area contributed by atoms with Gasteiger partial charge in [-0.15, -0.1) is 0 Å². The van der Waals surface area contributed by atoms with Crippen molar-refractivity contribution >= 4 is 21.6 Å². The van der Waals surface area contributed by atoms with Crippen LogP contribution in [0.5, 0.6) is 5.75 Å². The minimum absolute atomic E-state index is 0.0760. The van der Waals surface area contributed by atoms with Gasteiger partial charge in [-0.3, -0.25) is 4.79 Å². The number of methoxy groups -OCH3 is 1. The Bertz CT molecular complexity index is 1420. The Morgan fingerprint density at radius 2 is 1.66 bits per heavy atom. The topological polar surface area (TPSA) is 106 Å². The Kier molecular flexibility index (Phi) is 6.04. The van der Waals surface area contributed by atoms with Gasteiger partial charge >= 0.3 is 0 Å². The summed E-state index contributed by atoms with van der Waals surface area (Å²) in [6.07, 6.45) is 1.47.